The maximum atomic E-state index is 11.9. The number of amides is 1. The number of benzene rings is 1. The minimum absolute atomic E-state index is 0.0895. The molecule has 0 radical (unpaired) electrons. The molecule has 0 aliphatic heterocycles. The van der Waals surface area contributed by atoms with Gasteiger partial charge in [-0.15, -0.1) is 6.58 Å². The Balaban J connectivity index is 2.87. The van der Waals surface area contributed by atoms with Crippen LogP contribution in [0.2, 0.25) is 0 Å². The first-order chi connectivity index (χ1) is 7.19. The summed E-state index contributed by atoms with van der Waals surface area (Å²) < 4.78 is 0. The van der Waals surface area contributed by atoms with Crippen LogP contribution in [0.4, 0.5) is 0 Å². The normalized spacial score (nSPS) is 9.67. The first kappa shape index (κ1) is 11.3. The van der Waals surface area contributed by atoms with Crippen LogP contribution < -0.4 is 0 Å². The number of carbonyl (C=O) groups is 1. The standard InChI is InChI=1S/C12H15NO2/c1-3-8-13(4-2)12(15)10-6-5-7-11(14)9-10/h3,5-7,9,14H,1,4,8H2,2H3. The zero-order valence-corrected chi connectivity index (χ0v) is 8.81. The number of carbonyl (C=O) groups excluding carboxylic acids is 1. The van der Waals surface area contributed by atoms with Gasteiger partial charge in [0.05, 0.1) is 0 Å². The molecule has 0 saturated carbocycles. The second kappa shape index (κ2) is 5.20. The number of phenols is 1. The molecule has 0 aliphatic rings. The lowest BCUT2D eigenvalue weighted by atomic mass is 10.2. The van der Waals surface area contributed by atoms with E-state index in [9.17, 15) is 9.90 Å². The van der Waals surface area contributed by atoms with Gasteiger partial charge in [0.15, 0.2) is 0 Å². The summed E-state index contributed by atoms with van der Waals surface area (Å²) in [6.45, 7) is 6.65. The molecule has 1 aromatic carbocycles. The molecule has 0 fully saturated rings. The Kier molecular flexibility index (Phi) is 3.92. The van der Waals surface area contributed by atoms with Crippen molar-refractivity contribution < 1.29 is 9.90 Å². The maximum absolute atomic E-state index is 11.9. The summed E-state index contributed by atoms with van der Waals surface area (Å²) in [7, 11) is 0. The Hall–Kier alpha value is -1.77. The molecule has 0 unspecified atom stereocenters. The highest BCUT2D eigenvalue weighted by Gasteiger charge is 2.12. The van der Waals surface area contributed by atoms with E-state index in [1.165, 1.54) is 6.07 Å². The molecule has 3 heteroatoms. The van der Waals surface area contributed by atoms with E-state index in [-0.39, 0.29) is 11.7 Å². The zero-order valence-electron chi connectivity index (χ0n) is 8.81. The number of phenolic OH excluding ortho intramolecular Hbond substituents is 1. The van der Waals surface area contributed by atoms with Gasteiger partial charge in [-0.3, -0.25) is 4.79 Å². The minimum atomic E-state index is -0.0895. The Labute approximate surface area is 89.6 Å². The molecule has 0 aliphatic carbocycles. The fourth-order valence-electron chi connectivity index (χ4n) is 1.33. The second-order valence-electron chi connectivity index (χ2n) is 3.18. The summed E-state index contributed by atoms with van der Waals surface area (Å²) >= 11 is 0. The molecular formula is C12H15NO2. The lowest BCUT2D eigenvalue weighted by molar-refractivity contribution is 0.0781. The van der Waals surface area contributed by atoms with Crippen molar-refractivity contribution in [1.29, 1.82) is 0 Å². The van der Waals surface area contributed by atoms with Crippen LogP contribution in [0.15, 0.2) is 36.9 Å². The van der Waals surface area contributed by atoms with Crippen LogP contribution in [0.3, 0.4) is 0 Å². The first-order valence-corrected chi connectivity index (χ1v) is 4.88. The fourth-order valence-corrected chi connectivity index (χ4v) is 1.33. The summed E-state index contributed by atoms with van der Waals surface area (Å²) in [5.74, 6) is 0.0174. The SMILES string of the molecule is C=CCN(CC)C(=O)c1cccc(O)c1. The molecule has 0 spiro atoms. The number of nitrogens with zero attached hydrogens (tertiary/aromatic N) is 1. The molecule has 15 heavy (non-hydrogen) atoms. The van der Waals surface area contributed by atoms with Gasteiger partial charge in [0.25, 0.3) is 5.91 Å². The van der Waals surface area contributed by atoms with Gasteiger partial charge in [0.2, 0.25) is 0 Å². The van der Waals surface area contributed by atoms with Crippen molar-refractivity contribution in [3.8, 4) is 5.75 Å². The van der Waals surface area contributed by atoms with Crippen LogP contribution in [0.5, 0.6) is 5.75 Å². The average Bonchev–Trinajstić information content (AvgIpc) is 2.25. The smallest absolute Gasteiger partial charge is 0.254 e. The number of rotatable bonds is 4. The number of hydrogen-bond acceptors (Lipinski definition) is 2. The van der Waals surface area contributed by atoms with E-state index in [0.29, 0.717) is 18.7 Å². The highest BCUT2D eigenvalue weighted by Crippen LogP contribution is 2.12. The number of hydrogen-bond donors (Lipinski definition) is 1. The van der Waals surface area contributed by atoms with Gasteiger partial charge >= 0.3 is 0 Å². The van der Waals surface area contributed by atoms with Crippen molar-refractivity contribution in [2.75, 3.05) is 13.1 Å². The summed E-state index contributed by atoms with van der Waals surface area (Å²) in [4.78, 5) is 13.5. The van der Waals surface area contributed by atoms with Gasteiger partial charge < -0.3 is 10.0 Å². The Bertz CT molecular complexity index is 360. The van der Waals surface area contributed by atoms with Crippen LogP contribution in [-0.4, -0.2) is 29.0 Å². The van der Waals surface area contributed by atoms with E-state index in [4.69, 9.17) is 0 Å². The van der Waals surface area contributed by atoms with Crippen molar-refractivity contribution in [3.05, 3.63) is 42.5 Å². The fraction of sp³-hybridized carbons (Fsp3) is 0.250. The predicted octanol–water partition coefficient (Wildman–Crippen LogP) is 2.04. The lowest BCUT2D eigenvalue weighted by Crippen LogP contribution is -2.30. The van der Waals surface area contributed by atoms with Crippen LogP contribution in [0.25, 0.3) is 0 Å². The third kappa shape index (κ3) is 2.84. The summed E-state index contributed by atoms with van der Waals surface area (Å²) in [6.07, 6.45) is 1.68. The van der Waals surface area contributed by atoms with Crippen molar-refractivity contribution >= 4 is 5.91 Å². The molecule has 0 bridgehead atoms. The van der Waals surface area contributed by atoms with Gasteiger partial charge in [0, 0.05) is 18.7 Å². The van der Waals surface area contributed by atoms with Gasteiger partial charge in [-0.25, -0.2) is 0 Å². The van der Waals surface area contributed by atoms with Crippen LogP contribution in [-0.2, 0) is 0 Å². The maximum Gasteiger partial charge on any atom is 0.254 e. The Morgan fingerprint density at radius 1 is 1.60 bits per heavy atom. The molecule has 1 N–H and O–H groups in total. The summed E-state index contributed by atoms with van der Waals surface area (Å²) in [5.41, 5.74) is 0.499. The Morgan fingerprint density at radius 3 is 2.87 bits per heavy atom. The molecule has 1 aromatic rings. The third-order valence-electron chi connectivity index (χ3n) is 2.11. The van der Waals surface area contributed by atoms with E-state index < -0.39 is 0 Å². The number of aromatic hydroxyl groups is 1. The predicted molar refractivity (Wildman–Crippen MR) is 59.9 cm³/mol. The molecule has 0 heterocycles. The first-order valence-electron chi connectivity index (χ1n) is 4.88. The zero-order chi connectivity index (χ0) is 11.3. The van der Waals surface area contributed by atoms with Crippen molar-refractivity contribution in [1.82, 2.24) is 4.90 Å². The third-order valence-corrected chi connectivity index (χ3v) is 2.11. The minimum Gasteiger partial charge on any atom is -0.508 e. The van der Waals surface area contributed by atoms with Crippen molar-refractivity contribution in [2.24, 2.45) is 0 Å². The van der Waals surface area contributed by atoms with Gasteiger partial charge in [-0.2, -0.15) is 0 Å². The Morgan fingerprint density at radius 2 is 2.33 bits per heavy atom. The average molecular weight is 205 g/mol. The van der Waals surface area contributed by atoms with Gasteiger partial charge in [0.1, 0.15) is 5.75 Å². The second-order valence-corrected chi connectivity index (χ2v) is 3.18. The van der Waals surface area contributed by atoms with E-state index >= 15 is 0 Å². The highest BCUT2D eigenvalue weighted by atomic mass is 16.3. The van der Waals surface area contributed by atoms with Gasteiger partial charge in [-0.05, 0) is 25.1 Å². The molecular weight excluding hydrogens is 190 g/mol. The quantitative estimate of drug-likeness (QED) is 0.764. The van der Waals surface area contributed by atoms with E-state index in [2.05, 4.69) is 6.58 Å². The van der Waals surface area contributed by atoms with E-state index in [1.54, 1.807) is 29.2 Å². The van der Waals surface area contributed by atoms with Gasteiger partial charge in [-0.1, -0.05) is 12.1 Å². The molecule has 0 saturated heterocycles. The van der Waals surface area contributed by atoms with Crippen molar-refractivity contribution in [3.63, 3.8) is 0 Å². The summed E-state index contributed by atoms with van der Waals surface area (Å²) in [5, 5.41) is 9.26. The van der Waals surface area contributed by atoms with Crippen LogP contribution in [0.1, 0.15) is 17.3 Å². The molecule has 1 rings (SSSR count). The largest absolute Gasteiger partial charge is 0.508 e. The van der Waals surface area contributed by atoms with E-state index in [0.717, 1.165) is 0 Å². The monoisotopic (exact) mass is 205 g/mol. The lowest BCUT2D eigenvalue weighted by Gasteiger charge is -2.18. The topological polar surface area (TPSA) is 40.5 Å². The number of likely N-dealkylation sites (N-methyl/N-ethyl adjacent to an activating group) is 1. The van der Waals surface area contributed by atoms with E-state index in [1.807, 2.05) is 6.92 Å². The molecule has 0 aromatic heterocycles. The summed E-state index contributed by atoms with van der Waals surface area (Å²) in [6, 6.07) is 6.35. The van der Waals surface area contributed by atoms with Crippen LogP contribution in [0, 0.1) is 0 Å². The molecule has 1 amide bonds. The van der Waals surface area contributed by atoms with Crippen molar-refractivity contribution in [2.45, 2.75) is 6.92 Å². The molecule has 3 nitrogen and oxygen atoms in total. The van der Waals surface area contributed by atoms with Crippen LogP contribution >= 0.6 is 0 Å². The highest BCUT2D eigenvalue weighted by molar-refractivity contribution is 5.94. The molecule has 0 atom stereocenters. The molecule has 80 valence electrons.